The Morgan fingerprint density at radius 2 is 1.98 bits per heavy atom. The maximum Gasteiger partial charge on any atom is 0.312 e. The highest BCUT2D eigenvalue weighted by molar-refractivity contribution is 7.91. The van der Waals surface area contributed by atoms with Gasteiger partial charge in [0.25, 0.3) is 5.91 Å². The van der Waals surface area contributed by atoms with Crippen LogP contribution in [-0.4, -0.2) is 49.0 Å². The fraction of sp³-hybridized carbons (Fsp3) is 0.259. The van der Waals surface area contributed by atoms with Crippen molar-refractivity contribution in [3.05, 3.63) is 76.6 Å². The van der Waals surface area contributed by atoms with Crippen molar-refractivity contribution in [2.75, 3.05) is 19.8 Å². The van der Waals surface area contributed by atoms with E-state index in [0.717, 1.165) is 18.9 Å². The van der Waals surface area contributed by atoms with Crippen LogP contribution < -0.4 is 15.2 Å². The number of rotatable bonds is 9. The van der Waals surface area contributed by atoms with Crippen molar-refractivity contribution in [3.8, 4) is 17.2 Å². The van der Waals surface area contributed by atoms with E-state index in [2.05, 4.69) is 9.97 Å². The molecule has 1 aliphatic heterocycles. The number of benzene rings is 2. The standard InChI is InChI=1S/C27H26N4O8S/c1-27(8-11-37-12-9-27)16-38-22-6-5-19(14-21(22)31(33)34)40(35,36)23-4-2-3-20(25(28)32)24(23)39-18-13-17-7-10-29-26(17)30-15-18/h2-7,10,13-15H,8-9,11-12,16H2,1H3,(H2,28,32)(H,29,30). The maximum absolute atomic E-state index is 13.8. The first-order valence-corrected chi connectivity index (χ1v) is 13.8. The first-order chi connectivity index (χ1) is 19.1. The summed E-state index contributed by atoms with van der Waals surface area (Å²) in [4.78, 5) is 29.8. The first kappa shape index (κ1) is 27.1. The molecule has 208 valence electrons. The lowest BCUT2D eigenvalue weighted by Crippen LogP contribution is -2.32. The zero-order chi connectivity index (χ0) is 28.5. The van der Waals surface area contributed by atoms with Crippen LogP contribution in [0.4, 0.5) is 5.69 Å². The molecular formula is C27H26N4O8S. The SMILES string of the molecule is CC1(COc2ccc(S(=O)(=O)c3cccc(C(N)=O)c3Oc3cnc4[nH]ccc4c3)cc2[N+](=O)[O-])CCOCC1. The highest BCUT2D eigenvalue weighted by Gasteiger charge is 2.32. The molecule has 0 bridgehead atoms. The Labute approximate surface area is 229 Å². The number of hydrogen-bond donors (Lipinski definition) is 2. The monoisotopic (exact) mass is 566 g/mol. The summed E-state index contributed by atoms with van der Waals surface area (Å²) < 4.78 is 44.7. The van der Waals surface area contributed by atoms with Gasteiger partial charge < -0.3 is 24.9 Å². The van der Waals surface area contributed by atoms with Crippen LogP contribution >= 0.6 is 0 Å². The average Bonchev–Trinajstić information content (AvgIpc) is 3.40. The Kier molecular flexibility index (Phi) is 7.17. The van der Waals surface area contributed by atoms with Gasteiger partial charge in [0, 0.05) is 36.3 Å². The Bertz CT molecular complexity index is 1710. The van der Waals surface area contributed by atoms with Crippen LogP contribution in [0.25, 0.3) is 11.0 Å². The molecule has 0 radical (unpaired) electrons. The average molecular weight is 567 g/mol. The zero-order valence-electron chi connectivity index (χ0n) is 21.5. The number of nitrogens with two attached hydrogens (primary N) is 1. The molecule has 0 unspecified atom stereocenters. The van der Waals surface area contributed by atoms with Gasteiger partial charge in [0.15, 0.2) is 11.5 Å². The van der Waals surface area contributed by atoms with Gasteiger partial charge in [0.1, 0.15) is 16.3 Å². The molecule has 3 N–H and O–H groups in total. The summed E-state index contributed by atoms with van der Waals surface area (Å²) in [6.45, 7) is 3.37. The van der Waals surface area contributed by atoms with Crippen LogP contribution in [0.5, 0.6) is 17.2 Å². The van der Waals surface area contributed by atoms with Crippen molar-refractivity contribution in [3.63, 3.8) is 0 Å². The second-order valence-corrected chi connectivity index (χ2v) is 11.7. The number of carbonyl (C=O) groups is 1. The number of nitro groups is 1. The molecule has 13 heteroatoms. The lowest BCUT2D eigenvalue weighted by molar-refractivity contribution is -0.386. The summed E-state index contributed by atoms with van der Waals surface area (Å²) in [5, 5.41) is 12.6. The number of pyridine rings is 1. The quantitative estimate of drug-likeness (QED) is 0.220. The van der Waals surface area contributed by atoms with Crippen molar-refractivity contribution in [1.29, 1.82) is 0 Å². The van der Waals surface area contributed by atoms with Gasteiger partial charge in [-0.25, -0.2) is 13.4 Å². The van der Waals surface area contributed by atoms with Crippen molar-refractivity contribution in [2.45, 2.75) is 29.6 Å². The van der Waals surface area contributed by atoms with E-state index in [1.54, 1.807) is 18.3 Å². The Hall–Kier alpha value is -4.49. The minimum atomic E-state index is -4.43. The second kappa shape index (κ2) is 10.6. The van der Waals surface area contributed by atoms with E-state index >= 15 is 0 Å². The van der Waals surface area contributed by atoms with Crippen LogP contribution in [0.1, 0.15) is 30.1 Å². The molecule has 5 rings (SSSR count). The Morgan fingerprint density at radius 3 is 2.70 bits per heavy atom. The van der Waals surface area contributed by atoms with E-state index in [1.165, 1.54) is 36.5 Å². The summed E-state index contributed by atoms with van der Waals surface area (Å²) >= 11 is 0. The van der Waals surface area contributed by atoms with Gasteiger partial charge in [-0.05, 0) is 49.2 Å². The molecule has 1 saturated heterocycles. The topological polar surface area (TPSA) is 177 Å². The Morgan fingerprint density at radius 1 is 1.20 bits per heavy atom. The van der Waals surface area contributed by atoms with Crippen LogP contribution in [0.3, 0.4) is 0 Å². The third-order valence-corrected chi connectivity index (χ3v) is 8.62. The summed E-state index contributed by atoms with van der Waals surface area (Å²) in [6.07, 6.45) is 4.51. The largest absolute Gasteiger partial charge is 0.486 e. The van der Waals surface area contributed by atoms with Crippen molar-refractivity contribution >= 4 is 32.5 Å². The van der Waals surface area contributed by atoms with Gasteiger partial charge in [-0.2, -0.15) is 0 Å². The molecular weight excluding hydrogens is 540 g/mol. The van der Waals surface area contributed by atoms with Crippen LogP contribution in [0.2, 0.25) is 0 Å². The zero-order valence-corrected chi connectivity index (χ0v) is 22.3. The third kappa shape index (κ3) is 5.33. The molecule has 0 spiro atoms. The number of nitrogens with zero attached hydrogens (tertiary/aromatic N) is 2. The third-order valence-electron chi connectivity index (χ3n) is 6.84. The molecule has 12 nitrogen and oxygen atoms in total. The molecule has 1 fully saturated rings. The number of carbonyl (C=O) groups excluding carboxylic acids is 1. The normalized spacial score (nSPS) is 15.0. The number of amides is 1. The van der Waals surface area contributed by atoms with Crippen molar-refractivity contribution in [2.24, 2.45) is 11.1 Å². The molecule has 1 amide bonds. The maximum atomic E-state index is 13.8. The number of H-pyrrole nitrogens is 1. The molecule has 0 atom stereocenters. The van der Waals surface area contributed by atoms with E-state index in [9.17, 15) is 23.3 Å². The van der Waals surface area contributed by atoms with Crippen molar-refractivity contribution in [1.82, 2.24) is 9.97 Å². The number of nitro benzene ring substituents is 1. The van der Waals surface area contributed by atoms with Gasteiger partial charge >= 0.3 is 5.69 Å². The van der Waals surface area contributed by atoms with Crippen molar-refractivity contribution < 1.29 is 32.3 Å². The minimum Gasteiger partial charge on any atom is -0.486 e. The fourth-order valence-electron chi connectivity index (χ4n) is 4.44. The van der Waals surface area contributed by atoms with E-state index in [-0.39, 0.29) is 39.7 Å². The number of aromatic nitrogens is 2. The van der Waals surface area contributed by atoms with Gasteiger partial charge in [-0.1, -0.05) is 13.0 Å². The fourth-order valence-corrected chi connectivity index (χ4v) is 5.86. The summed E-state index contributed by atoms with van der Waals surface area (Å²) in [6, 6.07) is 10.7. The van der Waals surface area contributed by atoms with E-state index in [4.69, 9.17) is 19.9 Å². The molecule has 0 aliphatic carbocycles. The van der Waals surface area contributed by atoms with Crippen LogP contribution in [0, 0.1) is 15.5 Å². The number of hydrogen-bond acceptors (Lipinski definition) is 9. The highest BCUT2D eigenvalue weighted by Crippen LogP contribution is 2.39. The number of sulfone groups is 1. The summed E-state index contributed by atoms with van der Waals surface area (Å²) in [5.41, 5.74) is 5.20. The summed E-state index contributed by atoms with van der Waals surface area (Å²) in [7, 11) is -4.43. The predicted octanol–water partition coefficient (Wildman–Crippen LogP) is 4.39. The smallest absolute Gasteiger partial charge is 0.312 e. The molecule has 1 aliphatic rings. The van der Waals surface area contributed by atoms with E-state index in [0.29, 0.717) is 24.2 Å². The van der Waals surface area contributed by atoms with Gasteiger partial charge in [0.05, 0.1) is 28.2 Å². The molecule has 4 aromatic rings. The number of primary amides is 1. The molecule has 3 heterocycles. The van der Waals surface area contributed by atoms with Gasteiger partial charge in [-0.15, -0.1) is 0 Å². The van der Waals surface area contributed by atoms with Crippen LogP contribution in [-0.2, 0) is 14.6 Å². The van der Waals surface area contributed by atoms with Crippen LogP contribution in [0.15, 0.2) is 70.7 Å². The lowest BCUT2D eigenvalue weighted by atomic mass is 9.83. The second-order valence-electron chi connectivity index (χ2n) is 9.79. The lowest BCUT2D eigenvalue weighted by Gasteiger charge is -2.33. The number of fused-ring (bicyclic) bond motifs is 1. The number of aromatic amines is 1. The predicted molar refractivity (Wildman–Crippen MR) is 143 cm³/mol. The molecule has 40 heavy (non-hydrogen) atoms. The molecule has 2 aromatic carbocycles. The van der Waals surface area contributed by atoms with E-state index < -0.39 is 31.3 Å². The number of nitrogens with one attached hydrogen (secondary N) is 1. The Balaban J connectivity index is 1.52. The summed E-state index contributed by atoms with van der Waals surface area (Å²) in [5.74, 6) is -1.13. The molecule has 0 saturated carbocycles. The number of ether oxygens (including phenoxy) is 3. The minimum absolute atomic E-state index is 0.0510. The van der Waals surface area contributed by atoms with E-state index in [1.807, 2.05) is 6.92 Å². The molecule has 2 aromatic heterocycles. The van der Waals surface area contributed by atoms with Gasteiger partial charge in [-0.3, -0.25) is 14.9 Å². The highest BCUT2D eigenvalue weighted by atomic mass is 32.2. The van der Waals surface area contributed by atoms with Gasteiger partial charge in [0.2, 0.25) is 9.84 Å². The first-order valence-electron chi connectivity index (χ1n) is 12.4. The number of para-hydroxylation sites is 1.